The number of rotatable bonds is 4. The van der Waals surface area contributed by atoms with Crippen molar-refractivity contribution < 1.29 is 43.9 Å². The Morgan fingerprint density at radius 3 is 2.05 bits per heavy atom. The van der Waals surface area contributed by atoms with E-state index >= 15 is 0 Å². The zero-order valence-electron chi connectivity index (χ0n) is 18.5. The number of alkyl halides is 6. The van der Waals surface area contributed by atoms with E-state index in [4.69, 9.17) is 4.42 Å². The molecule has 0 aliphatic heterocycles. The van der Waals surface area contributed by atoms with Crippen molar-refractivity contribution in [1.82, 2.24) is 4.57 Å². The highest BCUT2D eigenvalue weighted by molar-refractivity contribution is 5.65. The molecule has 4 nitrogen and oxygen atoms in total. The fraction of sp³-hybridized carbons (Fsp3) is 0.120. The highest BCUT2D eigenvalue weighted by atomic mass is 19.4. The van der Waals surface area contributed by atoms with Crippen LogP contribution in [0.1, 0.15) is 22.3 Å². The fourth-order valence-electron chi connectivity index (χ4n) is 3.69. The SMILES string of the molecule is N#Cc1c(C(F)(F)F)cc(-c2ccc(-c3ccc(F)c(C(F)(F)F)c3)o2)n(Cc2ccc(F)cc2F)c1=O. The number of hydrogen-bond donors (Lipinski definition) is 0. The molecule has 0 unspecified atom stereocenters. The minimum atomic E-state index is -5.17. The van der Waals surface area contributed by atoms with Crippen LogP contribution in [0, 0.1) is 28.8 Å². The van der Waals surface area contributed by atoms with Crippen LogP contribution in [0.4, 0.5) is 39.5 Å². The van der Waals surface area contributed by atoms with Crippen LogP contribution in [0.3, 0.4) is 0 Å². The van der Waals surface area contributed by atoms with Gasteiger partial charge in [-0.05, 0) is 42.5 Å². The quantitative estimate of drug-likeness (QED) is 0.258. The Labute approximate surface area is 206 Å². The summed E-state index contributed by atoms with van der Waals surface area (Å²) in [6, 6.07) is 7.83. The van der Waals surface area contributed by atoms with Gasteiger partial charge in [0.1, 0.15) is 34.8 Å². The van der Waals surface area contributed by atoms with E-state index in [-0.39, 0.29) is 16.9 Å². The van der Waals surface area contributed by atoms with Crippen LogP contribution in [0.2, 0.25) is 0 Å². The maximum Gasteiger partial charge on any atom is 0.419 e. The van der Waals surface area contributed by atoms with Gasteiger partial charge in [0, 0.05) is 17.2 Å². The Bertz CT molecular complexity index is 1640. The number of nitrogens with zero attached hydrogens (tertiary/aromatic N) is 2. The summed E-state index contributed by atoms with van der Waals surface area (Å²) in [4.78, 5) is 12.9. The van der Waals surface area contributed by atoms with E-state index in [1.165, 1.54) is 6.07 Å². The summed E-state index contributed by atoms with van der Waals surface area (Å²) >= 11 is 0. The van der Waals surface area contributed by atoms with Crippen LogP contribution in [0.25, 0.3) is 22.8 Å². The van der Waals surface area contributed by atoms with Gasteiger partial charge in [0.2, 0.25) is 0 Å². The van der Waals surface area contributed by atoms with Crippen molar-refractivity contribution in [2.45, 2.75) is 18.9 Å². The van der Waals surface area contributed by atoms with Crippen molar-refractivity contribution in [3.8, 4) is 28.8 Å². The molecule has 0 saturated heterocycles. The summed E-state index contributed by atoms with van der Waals surface area (Å²) in [5.74, 6) is -4.45. The number of aromatic nitrogens is 1. The molecule has 0 fully saturated rings. The fourth-order valence-corrected chi connectivity index (χ4v) is 3.69. The average molecular weight is 542 g/mol. The van der Waals surface area contributed by atoms with Crippen molar-refractivity contribution in [2.75, 3.05) is 0 Å². The van der Waals surface area contributed by atoms with Gasteiger partial charge >= 0.3 is 12.4 Å². The maximum atomic E-state index is 14.3. The van der Waals surface area contributed by atoms with E-state index in [0.29, 0.717) is 28.8 Å². The number of halogens is 9. The highest BCUT2D eigenvalue weighted by Crippen LogP contribution is 2.37. The van der Waals surface area contributed by atoms with Crippen LogP contribution in [0.5, 0.6) is 0 Å². The average Bonchev–Trinajstić information content (AvgIpc) is 3.30. The molecular formula is C25H11F9N2O2. The lowest BCUT2D eigenvalue weighted by Gasteiger charge is -2.16. The van der Waals surface area contributed by atoms with Crippen molar-refractivity contribution in [2.24, 2.45) is 0 Å². The molecule has 38 heavy (non-hydrogen) atoms. The van der Waals surface area contributed by atoms with Crippen molar-refractivity contribution in [1.29, 1.82) is 5.26 Å². The predicted octanol–water partition coefficient (Wildman–Crippen LogP) is 7.15. The maximum absolute atomic E-state index is 14.3. The van der Waals surface area contributed by atoms with Gasteiger partial charge in [-0.2, -0.15) is 31.6 Å². The summed E-state index contributed by atoms with van der Waals surface area (Å²) in [5, 5.41) is 9.24. The summed E-state index contributed by atoms with van der Waals surface area (Å²) in [5.41, 5.74) is -7.23. The first-order valence-corrected chi connectivity index (χ1v) is 10.4. The minimum Gasteiger partial charge on any atom is -0.455 e. The molecule has 0 amide bonds. The Balaban J connectivity index is 1.92. The molecule has 0 saturated carbocycles. The zero-order chi connectivity index (χ0) is 28.0. The summed E-state index contributed by atoms with van der Waals surface area (Å²) in [6.45, 7) is -0.752. The molecule has 0 atom stereocenters. The molecule has 4 rings (SSSR count). The second kappa shape index (κ2) is 9.44. The third-order valence-electron chi connectivity index (χ3n) is 5.48. The largest absolute Gasteiger partial charge is 0.455 e. The van der Waals surface area contributed by atoms with Gasteiger partial charge in [-0.3, -0.25) is 9.36 Å². The third-order valence-corrected chi connectivity index (χ3v) is 5.48. The lowest BCUT2D eigenvalue weighted by molar-refractivity contribution is -0.140. The highest BCUT2D eigenvalue weighted by Gasteiger charge is 2.37. The van der Waals surface area contributed by atoms with Gasteiger partial charge in [0.25, 0.3) is 5.56 Å². The molecule has 0 aliphatic carbocycles. The summed E-state index contributed by atoms with van der Waals surface area (Å²) in [6.07, 6.45) is -10.2. The number of nitriles is 1. The molecule has 0 spiro atoms. The van der Waals surface area contributed by atoms with E-state index in [1.54, 1.807) is 0 Å². The second-order valence-electron chi connectivity index (χ2n) is 7.91. The lowest BCUT2D eigenvalue weighted by atomic mass is 10.1. The monoisotopic (exact) mass is 542 g/mol. The zero-order valence-corrected chi connectivity index (χ0v) is 18.5. The molecular weight excluding hydrogens is 531 g/mol. The summed E-state index contributed by atoms with van der Waals surface area (Å²) < 4.78 is 128. The topological polar surface area (TPSA) is 58.9 Å². The molecule has 2 aromatic carbocycles. The molecule has 0 aliphatic rings. The van der Waals surface area contributed by atoms with Gasteiger partial charge in [-0.25, -0.2) is 13.2 Å². The van der Waals surface area contributed by atoms with Crippen molar-refractivity contribution in [3.63, 3.8) is 0 Å². The van der Waals surface area contributed by atoms with Crippen LogP contribution in [-0.2, 0) is 18.9 Å². The normalized spacial score (nSPS) is 12.0. The van der Waals surface area contributed by atoms with E-state index in [1.807, 2.05) is 0 Å². The molecule has 4 aromatic rings. The van der Waals surface area contributed by atoms with E-state index in [9.17, 15) is 49.6 Å². The van der Waals surface area contributed by atoms with Gasteiger partial charge in [-0.15, -0.1) is 0 Å². The lowest BCUT2D eigenvalue weighted by Crippen LogP contribution is -2.29. The van der Waals surface area contributed by atoms with Gasteiger partial charge < -0.3 is 4.42 Å². The van der Waals surface area contributed by atoms with Gasteiger partial charge in [0.15, 0.2) is 5.76 Å². The number of benzene rings is 2. The molecule has 13 heteroatoms. The molecule has 2 heterocycles. The Hall–Kier alpha value is -4.47. The van der Waals surface area contributed by atoms with Crippen molar-refractivity contribution >= 4 is 0 Å². The Morgan fingerprint density at radius 2 is 1.45 bits per heavy atom. The minimum absolute atomic E-state index is 0.284. The van der Waals surface area contributed by atoms with E-state index in [0.717, 1.165) is 30.3 Å². The Morgan fingerprint density at radius 1 is 0.789 bits per heavy atom. The second-order valence-corrected chi connectivity index (χ2v) is 7.91. The molecule has 0 N–H and O–H groups in total. The first-order chi connectivity index (χ1) is 17.7. The number of hydrogen-bond acceptors (Lipinski definition) is 3. The molecule has 0 radical (unpaired) electrons. The predicted molar refractivity (Wildman–Crippen MR) is 114 cm³/mol. The Kier molecular flexibility index (Phi) is 6.61. The molecule has 2 aromatic heterocycles. The van der Waals surface area contributed by atoms with Crippen molar-refractivity contribution in [3.05, 3.63) is 105 Å². The standard InChI is InChI=1S/C25H11F9N2O2/c26-14-3-1-13(19(28)8-14)11-36-20(9-16(24(29,30)31)15(10-35)23(36)37)22-6-5-21(38-22)12-2-4-18(27)17(7-12)25(32,33)34/h1-9H,11H2. The van der Waals surface area contributed by atoms with E-state index < -0.39 is 70.1 Å². The summed E-state index contributed by atoms with van der Waals surface area (Å²) in [7, 11) is 0. The van der Waals surface area contributed by atoms with Crippen LogP contribution in [-0.4, -0.2) is 4.57 Å². The first-order valence-electron chi connectivity index (χ1n) is 10.4. The van der Waals surface area contributed by atoms with Crippen LogP contribution in [0.15, 0.2) is 63.8 Å². The van der Waals surface area contributed by atoms with Crippen LogP contribution >= 0.6 is 0 Å². The van der Waals surface area contributed by atoms with Gasteiger partial charge in [0.05, 0.1) is 23.4 Å². The van der Waals surface area contributed by atoms with Crippen LogP contribution < -0.4 is 5.56 Å². The molecule has 196 valence electrons. The van der Waals surface area contributed by atoms with Gasteiger partial charge in [-0.1, -0.05) is 6.07 Å². The molecule has 0 bridgehead atoms. The van der Waals surface area contributed by atoms with E-state index in [2.05, 4.69) is 0 Å². The number of furan rings is 1. The first kappa shape index (κ1) is 26.6. The smallest absolute Gasteiger partial charge is 0.419 e. The number of pyridine rings is 1. The third kappa shape index (κ3) is 5.02.